The van der Waals surface area contributed by atoms with E-state index in [1.807, 2.05) is 0 Å². The van der Waals surface area contributed by atoms with Gasteiger partial charge in [-0.25, -0.2) is 4.98 Å². The van der Waals surface area contributed by atoms with Crippen LogP contribution in [0.15, 0.2) is 18.2 Å². The van der Waals surface area contributed by atoms with Crippen LogP contribution in [-0.4, -0.2) is 15.7 Å². The lowest BCUT2D eigenvalue weighted by Crippen LogP contribution is -2.17. The van der Waals surface area contributed by atoms with Crippen LogP contribution in [-0.2, 0) is 6.54 Å². The van der Waals surface area contributed by atoms with Crippen molar-refractivity contribution in [2.75, 3.05) is 0 Å². The molecule has 2 rings (SSSR count). The number of rotatable bonds is 1. The van der Waals surface area contributed by atoms with E-state index in [1.165, 1.54) is 6.07 Å². The zero-order chi connectivity index (χ0) is 11.9. The largest absolute Gasteiger partial charge is 0.406 e. The summed E-state index contributed by atoms with van der Waals surface area (Å²) in [6.07, 6.45) is -4.35. The van der Waals surface area contributed by atoms with Gasteiger partial charge in [0.2, 0.25) is 5.28 Å². The lowest BCUT2D eigenvalue weighted by Gasteiger charge is -2.08. The van der Waals surface area contributed by atoms with Crippen molar-refractivity contribution >= 4 is 34.2 Å². The Bertz CT molecular complexity index is 533. The molecule has 16 heavy (non-hydrogen) atoms. The number of benzene rings is 1. The summed E-state index contributed by atoms with van der Waals surface area (Å²) < 4.78 is 37.7. The Kier molecular flexibility index (Phi) is 2.75. The molecule has 2 aromatic rings. The first-order valence-corrected chi connectivity index (χ1v) is 5.01. The highest BCUT2D eigenvalue weighted by Gasteiger charge is 2.30. The predicted octanol–water partition coefficient (Wildman–Crippen LogP) is 3.91. The third-order valence-corrected chi connectivity index (χ3v) is 2.61. The molecule has 1 aromatic carbocycles. The highest BCUT2D eigenvalue weighted by Crippen LogP contribution is 2.29. The van der Waals surface area contributed by atoms with E-state index in [4.69, 9.17) is 23.2 Å². The summed E-state index contributed by atoms with van der Waals surface area (Å²) in [5.74, 6) is 0. The van der Waals surface area contributed by atoms with Gasteiger partial charge in [-0.05, 0) is 23.7 Å². The summed E-state index contributed by atoms with van der Waals surface area (Å²) >= 11 is 11.4. The number of para-hydroxylation sites is 1. The molecule has 0 aliphatic heterocycles. The number of halogens is 5. The molecule has 0 amide bonds. The molecule has 1 aromatic heterocycles. The summed E-state index contributed by atoms with van der Waals surface area (Å²) in [6.45, 7) is -1.18. The smallest absolute Gasteiger partial charge is 0.305 e. The molecule has 1 heterocycles. The molecule has 7 heteroatoms. The summed E-state index contributed by atoms with van der Waals surface area (Å²) in [5.41, 5.74) is 0.549. The Morgan fingerprint density at radius 3 is 2.56 bits per heavy atom. The van der Waals surface area contributed by atoms with Crippen LogP contribution < -0.4 is 0 Å². The van der Waals surface area contributed by atoms with Crippen LogP contribution in [0.5, 0.6) is 0 Å². The average molecular weight is 269 g/mol. The lowest BCUT2D eigenvalue weighted by molar-refractivity contribution is -0.139. The standard InChI is InChI=1S/C9H5Cl2F3N2/c10-5-2-1-3-6-7(5)15-8(11)16(6)4-9(12,13)14/h1-3H,4H2. The Morgan fingerprint density at radius 1 is 1.25 bits per heavy atom. The number of fused-ring (bicyclic) bond motifs is 1. The monoisotopic (exact) mass is 268 g/mol. The van der Waals surface area contributed by atoms with Crippen LogP contribution in [0.1, 0.15) is 0 Å². The molecule has 0 saturated heterocycles. The van der Waals surface area contributed by atoms with E-state index in [0.29, 0.717) is 0 Å². The Balaban J connectivity index is 2.61. The molecule has 0 bridgehead atoms. The third kappa shape index (κ3) is 2.10. The fourth-order valence-electron chi connectivity index (χ4n) is 1.41. The van der Waals surface area contributed by atoms with Crippen molar-refractivity contribution in [1.29, 1.82) is 0 Å². The molecule has 0 aliphatic rings. The number of nitrogens with zero attached hydrogens (tertiary/aromatic N) is 2. The van der Waals surface area contributed by atoms with Crippen LogP contribution in [0.2, 0.25) is 10.3 Å². The van der Waals surface area contributed by atoms with Crippen molar-refractivity contribution in [2.45, 2.75) is 12.7 Å². The molecular formula is C9H5Cl2F3N2. The molecular weight excluding hydrogens is 264 g/mol. The predicted molar refractivity (Wildman–Crippen MR) is 55.8 cm³/mol. The lowest BCUT2D eigenvalue weighted by atomic mass is 10.3. The van der Waals surface area contributed by atoms with E-state index in [-0.39, 0.29) is 21.3 Å². The number of hydrogen-bond acceptors (Lipinski definition) is 1. The van der Waals surface area contributed by atoms with Crippen molar-refractivity contribution in [1.82, 2.24) is 9.55 Å². The maximum Gasteiger partial charge on any atom is 0.406 e. The van der Waals surface area contributed by atoms with Crippen LogP contribution in [0.25, 0.3) is 11.0 Å². The minimum atomic E-state index is -4.35. The second-order valence-electron chi connectivity index (χ2n) is 3.19. The SMILES string of the molecule is FC(F)(F)Cn1c(Cl)nc2c(Cl)cccc21. The van der Waals surface area contributed by atoms with Gasteiger partial charge in [0.25, 0.3) is 0 Å². The van der Waals surface area contributed by atoms with E-state index in [0.717, 1.165) is 4.57 Å². The minimum absolute atomic E-state index is 0.222. The van der Waals surface area contributed by atoms with Gasteiger partial charge < -0.3 is 4.57 Å². The summed E-state index contributed by atoms with van der Waals surface area (Å²) in [6, 6.07) is 4.59. The van der Waals surface area contributed by atoms with E-state index in [2.05, 4.69) is 4.98 Å². The molecule has 0 atom stereocenters. The molecule has 0 N–H and O–H groups in total. The molecule has 0 spiro atoms. The Morgan fingerprint density at radius 2 is 1.94 bits per heavy atom. The molecule has 0 aliphatic carbocycles. The Hall–Kier alpha value is -0.940. The van der Waals surface area contributed by atoms with Gasteiger partial charge in [0.05, 0.1) is 10.5 Å². The van der Waals surface area contributed by atoms with Crippen molar-refractivity contribution in [2.24, 2.45) is 0 Å². The van der Waals surface area contributed by atoms with Gasteiger partial charge in [-0.2, -0.15) is 13.2 Å². The molecule has 0 unspecified atom stereocenters. The second-order valence-corrected chi connectivity index (χ2v) is 3.93. The maximum absolute atomic E-state index is 12.3. The van der Waals surface area contributed by atoms with Gasteiger partial charge in [0.1, 0.15) is 12.1 Å². The van der Waals surface area contributed by atoms with Crippen LogP contribution in [0, 0.1) is 0 Å². The molecule has 2 nitrogen and oxygen atoms in total. The van der Waals surface area contributed by atoms with Gasteiger partial charge in [-0.3, -0.25) is 0 Å². The van der Waals surface area contributed by atoms with E-state index < -0.39 is 12.7 Å². The van der Waals surface area contributed by atoms with Crippen molar-refractivity contribution < 1.29 is 13.2 Å². The maximum atomic E-state index is 12.3. The van der Waals surface area contributed by atoms with E-state index >= 15 is 0 Å². The molecule has 0 fully saturated rings. The molecule has 86 valence electrons. The van der Waals surface area contributed by atoms with E-state index in [1.54, 1.807) is 12.1 Å². The van der Waals surface area contributed by atoms with Gasteiger partial charge in [0, 0.05) is 0 Å². The van der Waals surface area contributed by atoms with Gasteiger partial charge in [0.15, 0.2) is 0 Å². The summed E-state index contributed by atoms with van der Waals surface area (Å²) in [5, 5.41) is 0.0562. The molecule has 0 radical (unpaired) electrons. The van der Waals surface area contributed by atoms with Crippen molar-refractivity contribution in [3.8, 4) is 0 Å². The molecule has 0 saturated carbocycles. The van der Waals surface area contributed by atoms with Crippen molar-refractivity contribution in [3.63, 3.8) is 0 Å². The van der Waals surface area contributed by atoms with Gasteiger partial charge in [-0.1, -0.05) is 17.7 Å². The second kappa shape index (κ2) is 3.82. The zero-order valence-electron chi connectivity index (χ0n) is 7.72. The number of aromatic nitrogens is 2. The average Bonchev–Trinajstić information content (AvgIpc) is 2.44. The van der Waals surface area contributed by atoms with Crippen LogP contribution in [0.3, 0.4) is 0 Å². The first-order valence-electron chi connectivity index (χ1n) is 4.25. The third-order valence-electron chi connectivity index (χ3n) is 2.02. The minimum Gasteiger partial charge on any atom is -0.305 e. The fourth-order valence-corrected chi connectivity index (χ4v) is 1.86. The normalized spacial score (nSPS) is 12.3. The first-order chi connectivity index (χ1) is 7.38. The van der Waals surface area contributed by atoms with E-state index in [9.17, 15) is 13.2 Å². The fraction of sp³-hybridized carbons (Fsp3) is 0.222. The highest BCUT2D eigenvalue weighted by atomic mass is 35.5. The number of imidazole rings is 1. The number of hydrogen-bond donors (Lipinski definition) is 0. The van der Waals surface area contributed by atoms with Crippen LogP contribution in [0.4, 0.5) is 13.2 Å². The highest BCUT2D eigenvalue weighted by molar-refractivity contribution is 6.35. The van der Waals surface area contributed by atoms with Gasteiger partial charge >= 0.3 is 6.18 Å². The Labute approximate surface area is 98.6 Å². The quantitative estimate of drug-likeness (QED) is 0.767. The topological polar surface area (TPSA) is 17.8 Å². The van der Waals surface area contributed by atoms with Crippen LogP contribution >= 0.6 is 23.2 Å². The number of alkyl halides is 3. The van der Waals surface area contributed by atoms with Gasteiger partial charge in [-0.15, -0.1) is 0 Å². The zero-order valence-corrected chi connectivity index (χ0v) is 9.24. The summed E-state index contributed by atoms with van der Waals surface area (Å²) in [7, 11) is 0. The first kappa shape index (κ1) is 11.5. The van der Waals surface area contributed by atoms with Crippen molar-refractivity contribution in [3.05, 3.63) is 28.5 Å². The summed E-state index contributed by atoms with van der Waals surface area (Å²) in [4.78, 5) is 3.79.